The molecule has 0 saturated carbocycles. The molecule has 1 amide bonds. The number of hydrogen-bond donors (Lipinski definition) is 1. The van der Waals surface area contributed by atoms with Crippen LogP contribution in [0.2, 0.25) is 0 Å². The second kappa shape index (κ2) is 12.6. The Morgan fingerprint density at radius 3 is 2.00 bits per heavy atom. The number of benzene rings is 5. The number of carbonyl (C=O) groups is 1. The highest BCUT2D eigenvalue weighted by Crippen LogP contribution is 2.27. The lowest BCUT2D eigenvalue weighted by Gasteiger charge is -2.08. The molecule has 6 nitrogen and oxygen atoms in total. The standard InChI is InChI=1S/C36H28N4O2/c41-36(38-37-25-27-16-22-33(23-17-27)42-26-28-10-4-1-5-11-28)34-24-35(40(39-34)32-14-8-3-9-15-32)31-20-18-30(19-21-31)29-12-6-2-7-13-29/h1-25H,26H2,(H,38,41)/b37-25-. The number of hydrogen-bond acceptors (Lipinski definition) is 4. The smallest absolute Gasteiger partial charge is 0.291 e. The third-order valence-electron chi connectivity index (χ3n) is 6.74. The Hall–Kier alpha value is -5.75. The van der Waals surface area contributed by atoms with Crippen LogP contribution < -0.4 is 10.2 Å². The Labute approximate surface area is 244 Å². The van der Waals surface area contributed by atoms with Gasteiger partial charge in [-0.25, -0.2) is 10.1 Å². The van der Waals surface area contributed by atoms with Gasteiger partial charge in [0.05, 0.1) is 17.6 Å². The van der Waals surface area contributed by atoms with E-state index in [9.17, 15) is 4.79 Å². The van der Waals surface area contributed by atoms with E-state index in [0.29, 0.717) is 6.61 Å². The zero-order valence-electron chi connectivity index (χ0n) is 22.8. The Balaban J connectivity index is 1.16. The summed E-state index contributed by atoms with van der Waals surface area (Å²) in [4.78, 5) is 13.1. The van der Waals surface area contributed by atoms with Crippen LogP contribution in [0.1, 0.15) is 21.6 Å². The predicted octanol–water partition coefficient (Wildman–Crippen LogP) is 7.55. The second-order valence-electron chi connectivity index (χ2n) is 9.65. The van der Waals surface area contributed by atoms with Gasteiger partial charge in [0.1, 0.15) is 12.4 Å². The Kier molecular flexibility index (Phi) is 7.95. The first-order valence-electron chi connectivity index (χ1n) is 13.6. The van der Waals surface area contributed by atoms with Gasteiger partial charge >= 0.3 is 0 Å². The van der Waals surface area contributed by atoms with Crippen molar-refractivity contribution in [1.82, 2.24) is 15.2 Å². The lowest BCUT2D eigenvalue weighted by atomic mass is 10.0. The van der Waals surface area contributed by atoms with Crippen LogP contribution in [0.5, 0.6) is 5.75 Å². The van der Waals surface area contributed by atoms with E-state index in [1.54, 1.807) is 17.0 Å². The van der Waals surface area contributed by atoms with Gasteiger partial charge in [0, 0.05) is 5.56 Å². The summed E-state index contributed by atoms with van der Waals surface area (Å²) in [5.41, 5.74) is 9.68. The van der Waals surface area contributed by atoms with Gasteiger partial charge in [0.25, 0.3) is 5.91 Å². The number of para-hydroxylation sites is 1. The van der Waals surface area contributed by atoms with Crippen molar-refractivity contribution in [1.29, 1.82) is 0 Å². The highest BCUT2D eigenvalue weighted by Gasteiger charge is 2.17. The van der Waals surface area contributed by atoms with E-state index in [0.717, 1.165) is 44.9 Å². The summed E-state index contributed by atoms with van der Waals surface area (Å²) in [6.07, 6.45) is 1.59. The average molecular weight is 549 g/mol. The SMILES string of the molecule is O=C(N/N=C\c1ccc(OCc2ccccc2)cc1)c1cc(-c2ccc(-c3ccccc3)cc2)n(-c2ccccc2)n1. The minimum Gasteiger partial charge on any atom is -0.489 e. The molecule has 1 heterocycles. The van der Waals surface area contributed by atoms with Crippen LogP contribution in [0.4, 0.5) is 0 Å². The van der Waals surface area contributed by atoms with Crippen molar-refractivity contribution in [3.05, 3.63) is 162 Å². The van der Waals surface area contributed by atoms with Gasteiger partial charge in [-0.1, -0.05) is 103 Å². The first-order valence-corrected chi connectivity index (χ1v) is 13.6. The lowest BCUT2D eigenvalue weighted by molar-refractivity contribution is 0.0949. The van der Waals surface area contributed by atoms with Crippen LogP contribution in [-0.4, -0.2) is 21.9 Å². The highest BCUT2D eigenvalue weighted by molar-refractivity contribution is 5.94. The molecule has 0 saturated heterocycles. The van der Waals surface area contributed by atoms with Crippen LogP contribution in [0.15, 0.2) is 151 Å². The fourth-order valence-corrected chi connectivity index (χ4v) is 4.54. The Morgan fingerprint density at radius 2 is 1.31 bits per heavy atom. The number of carbonyl (C=O) groups excluding carboxylic acids is 1. The number of amides is 1. The van der Waals surface area contributed by atoms with Gasteiger partial charge in [-0.2, -0.15) is 10.2 Å². The van der Waals surface area contributed by atoms with Crippen LogP contribution in [-0.2, 0) is 6.61 Å². The number of aromatic nitrogens is 2. The molecule has 204 valence electrons. The van der Waals surface area contributed by atoms with Crippen molar-refractivity contribution in [3.63, 3.8) is 0 Å². The number of nitrogens with one attached hydrogen (secondary N) is 1. The van der Waals surface area contributed by atoms with E-state index in [2.05, 4.69) is 39.9 Å². The maximum absolute atomic E-state index is 13.1. The predicted molar refractivity (Wildman–Crippen MR) is 167 cm³/mol. The first-order chi connectivity index (χ1) is 20.7. The molecular weight excluding hydrogens is 520 g/mol. The molecule has 0 aliphatic carbocycles. The monoisotopic (exact) mass is 548 g/mol. The molecule has 0 aliphatic rings. The van der Waals surface area contributed by atoms with E-state index in [1.165, 1.54) is 0 Å². The van der Waals surface area contributed by atoms with Gasteiger partial charge in [0.2, 0.25) is 0 Å². The quantitative estimate of drug-likeness (QED) is 0.150. The van der Waals surface area contributed by atoms with Gasteiger partial charge < -0.3 is 4.74 Å². The fraction of sp³-hybridized carbons (Fsp3) is 0.0278. The molecule has 1 N–H and O–H groups in total. The molecule has 0 fully saturated rings. The second-order valence-corrected chi connectivity index (χ2v) is 9.65. The number of ether oxygens (including phenoxy) is 1. The Morgan fingerprint density at radius 1 is 0.714 bits per heavy atom. The highest BCUT2D eigenvalue weighted by atomic mass is 16.5. The third-order valence-corrected chi connectivity index (χ3v) is 6.74. The topological polar surface area (TPSA) is 68.5 Å². The Bertz CT molecular complexity index is 1780. The molecule has 6 rings (SSSR count). The molecule has 0 bridgehead atoms. The molecule has 42 heavy (non-hydrogen) atoms. The summed E-state index contributed by atoms with van der Waals surface area (Å²) in [6, 6.07) is 47.6. The van der Waals surface area contributed by atoms with Crippen molar-refractivity contribution >= 4 is 12.1 Å². The average Bonchev–Trinajstić information content (AvgIpc) is 3.52. The minimum absolute atomic E-state index is 0.266. The molecule has 5 aromatic carbocycles. The summed E-state index contributed by atoms with van der Waals surface area (Å²) in [5, 5.41) is 8.79. The maximum Gasteiger partial charge on any atom is 0.291 e. The van der Waals surface area contributed by atoms with Crippen molar-refractivity contribution in [3.8, 4) is 33.8 Å². The van der Waals surface area contributed by atoms with Gasteiger partial charge in [-0.05, 0) is 64.7 Å². The summed E-state index contributed by atoms with van der Waals surface area (Å²) in [5.74, 6) is 0.363. The lowest BCUT2D eigenvalue weighted by Crippen LogP contribution is -2.18. The largest absolute Gasteiger partial charge is 0.489 e. The summed E-state index contributed by atoms with van der Waals surface area (Å²) >= 11 is 0. The first kappa shape index (κ1) is 26.5. The van der Waals surface area contributed by atoms with Crippen LogP contribution >= 0.6 is 0 Å². The van der Waals surface area contributed by atoms with Crippen molar-refractivity contribution in [2.24, 2.45) is 5.10 Å². The summed E-state index contributed by atoms with van der Waals surface area (Å²) in [6.45, 7) is 0.499. The zero-order valence-corrected chi connectivity index (χ0v) is 22.8. The molecule has 0 aliphatic heterocycles. The van der Waals surface area contributed by atoms with Gasteiger partial charge in [0.15, 0.2) is 5.69 Å². The van der Waals surface area contributed by atoms with E-state index in [1.807, 2.05) is 115 Å². The summed E-state index contributed by atoms with van der Waals surface area (Å²) < 4.78 is 7.62. The molecule has 1 aromatic heterocycles. The van der Waals surface area contributed by atoms with Crippen LogP contribution in [0.3, 0.4) is 0 Å². The van der Waals surface area contributed by atoms with Crippen molar-refractivity contribution < 1.29 is 9.53 Å². The van der Waals surface area contributed by atoms with E-state index < -0.39 is 5.91 Å². The molecule has 6 heteroatoms. The van der Waals surface area contributed by atoms with E-state index >= 15 is 0 Å². The molecule has 0 unspecified atom stereocenters. The molecular formula is C36H28N4O2. The minimum atomic E-state index is -0.397. The van der Waals surface area contributed by atoms with E-state index in [4.69, 9.17) is 4.74 Å². The summed E-state index contributed by atoms with van der Waals surface area (Å²) in [7, 11) is 0. The zero-order chi connectivity index (χ0) is 28.6. The van der Waals surface area contributed by atoms with Crippen molar-refractivity contribution in [2.45, 2.75) is 6.61 Å². The third kappa shape index (κ3) is 6.35. The number of rotatable bonds is 9. The number of hydrazone groups is 1. The maximum atomic E-state index is 13.1. The normalized spacial score (nSPS) is 11.0. The fourth-order valence-electron chi connectivity index (χ4n) is 4.54. The van der Waals surface area contributed by atoms with Crippen molar-refractivity contribution in [2.75, 3.05) is 0 Å². The van der Waals surface area contributed by atoms with Crippen LogP contribution in [0, 0.1) is 0 Å². The molecule has 0 radical (unpaired) electrons. The van der Waals surface area contributed by atoms with E-state index in [-0.39, 0.29) is 5.69 Å². The molecule has 0 atom stereocenters. The van der Waals surface area contributed by atoms with Gasteiger partial charge in [-0.15, -0.1) is 0 Å². The van der Waals surface area contributed by atoms with Gasteiger partial charge in [-0.3, -0.25) is 4.79 Å². The molecule has 0 spiro atoms. The van der Waals surface area contributed by atoms with Crippen LogP contribution in [0.25, 0.3) is 28.1 Å². The molecule has 6 aromatic rings. The number of nitrogens with zero attached hydrogens (tertiary/aromatic N) is 3.